The van der Waals surface area contributed by atoms with E-state index in [2.05, 4.69) is 57.2 Å². The third-order valence-corrected chi connectivity index (χ3v) is 8.65. The first-order valence-corrected chi connectivity index (χ1v) is 20.5. The first-order chi connectivity index (χ1) is 24.0. The van der Waals surface area contributed by atoms with E-state index in [1.54, 1.807) is 0 Å². The molecule has 6 heteroatoms. The van der Waals surface area contributed by atoms with E-state index in [9.17, 15) is 14.4 Å². The average Bonchev–Trinajstić information content (AvgIpc) is 3.10. The lowest BCUT2D eigenvalue weighted by atomic mass is 10.1. The van der Waals surface area contributed by atoms with Crippen molar-refractivity contribution in [1.82, 2.24) is 0 Å². The van der Waals surface area contributed by atoms with Gasteiger partial charge in [0.25, 0.3) is 0 Å². The SMILES string of the molecule is CCCCCC=CCC=CCC=CCCCCCCC(=O)OC(COC(=O)CCCCCCCCC)COC(=O)CCCCCCCCC. The number of allylic oxidation sites excluding steroid dienone is 6. The maximum Gasteiger partial charge on any atom is 0.306 e. The quantitative estimate of drug-likeness (QED) is 0.0282. The van der Waals surface area contributed by atoms with Crippen molar-refractivity contribution < 1.29 is 28.6 Å². The van der Waals surface area contributed by atoms with Gasteiger partial charge in [-0.2, -0.15) is 0 Å². The third-order valence-electron chi connectivity index (χ3n) is 8.65. The molecule has 0 atom stereocenters. The first kappa shape index (κ1) is 46.6. The summed E-state index contributed by atoms with van der Waals surface area (Å²) in [5.41, 5.74) is 0. The summed E-state index contributed by atoms with van der Waals surface area (Å²) in [5.74, 6) is -0.919. The van der Waals surface area contributed by atoms with E-state index in [4.69, 9.17) is 14.2 Å². The molecule has 0 spiro atoms. The van der Waals surface area contributed by atoms with Gasteiger partial charge in [0.1, 0.15) is 13.2 Å². The summed E-state index contributed by atoms with van der Waals surface area (Å²) >= 11 is 0. The number of rotatable bonds is 36. The van der Waals surface area contributed by atoms with E-state index >= 15 is 0 Å². The van der Waals surface area contributed by atoms with Crippen LogP contribution in [-0.2, 0) is 28.6 Å². The van der Waals surface area contributed by atoms with Crippen LogP contribution in [0.5, 0.6) is 0 Å². The lowest BCUT2D eigenvalue weighted by molar-refractivity contribution is -0.167. The molecule has 0 unspecified atom stereocenters. The van der Waals surface area contributed by atoms with Crippen LogP contribution in [0, 0.1) is 0 Å². The van der Waals surface area contributed by atoms with Crippen LogP contribution in [0.2, 0.25) is 0 Å². The molecular weight excluding hydrogens is 612 g/mol. The van der Waals surface area contributed by atoms with Gasteiger partial charge in [0, 0.05) is 19.3 Å². The second-order valence-corrected chi connectivity index (χ2v) is 13.6. The van der Waals surface area contributed by atoms with Crippen LogP contribution in [0.1, 0.15) is 201 Å². The van der Waals surface area contributed by atoms with Crippen molar-refractivity contribution in [1.29, 1.82) is 0 Å². The normalized spacial score (nSPS) is 11.8. The van der Waals surface area contributed by atoms with Gasteiger partial charge in [-0.25, -0.2) is 0 Å². The fourth-order valence-electron chi connectivity index (χ4n) is 5.50. The Hall–Kier alpha value is -2.37. The molecule has 0 aromatic rings. The molecule has 0 heterocycles. The Morgan fingerprint density at radius 1 is 0.408 bits per heavy atom. The van der Waals surface area contributed by atoms with Crippen molar-refractivity contribution in [2.75, 3.05) is 13.2 Å². The molecule has 0 amide bonds. The highest BCUT2D eigenvalue weighted by molar-refractivity contribution is 5.71. The fraction of sp³-hybridized carbons (Fsp3) is 0.791. The van der Waals surface area contributed by atoms with Gasteiger partial charge < -0.3 is 14.2 Å². The zero-order valence-electron chi connectivity index (χ0n) is 32.2. The molecule has 0 N–H and O–H groups in total. The number of hydrogen-bond donors (Lipinski definition) is 0. The Labute approximate surface area is 302 Å². The maximum absolute atomic E-state index is 12.6. The first-order valence-electron chi connectivity index (χ1n) is 20.5. The van der Waals surface area contributed by atoms with Crippen molar-refractivity contribution in [2.24, 2.45) is 0 Å². The summed E-state index contributed by atoms with van der Waals surface area (Å²) in [6.45, 7) is 6.48. The Balaban J connectivity index is 4.32. The smallest absolute Gasteiger partial charge is 0.306 e. The van der Waals surface area contributed by atoms with Crippen LogP contribution < -0.4 is 0 Å². The van der Waals surface area contributed by atoms with Gasteiger partial charge in [0.2, 0.25) is 0 Å². The highest BCUT2D eigenvalue weighted by Crippen LogP contribution is 2.12. The molecule has 0 aromatic carbocycles. The predicted molar refractivity (Wildman–Crippen MR) is 206 cm³/mol. The maximum atomic E-state index is 12.6. The van der Waals surface area contributed by atoms with Crippen LogP contribution in [0.4, 0.5) is 0 Å². The minimum absolute atomic E-state index is 0.0803. The molecule has 0 saturated carbocycles. The van der Waals surface area contributed by atoms with E-state index in [1.807, 2.05) is 0 Å². The van der Waals surface area contributed by atoms with Crippen molar-refractivity contribution in [2.45, 2.75) is 207 Å². The van der Waals surface area contributed by atoms with Crippen molar-refractivity contribution >= 4 is 17.9 Å². The Morgan fingerprint density at radius 2 is 0.735 bits per heavy atom. The molecule has 0 aliphatic heterocycles. The van der Waals surface area contributed by atoms with Crippen molar-refractivity contribution in [3.8, 4) is 0 Å². The molecule has 0 saturated heterocycles. The number of carbonyl (C=O) groups is 3. The summed E-state index contributed by atoms with van der Waals surface area (Å²) in [5, 5.41) is 0. The lowest BCUT2D eigenvalue weighted by Gasteiger charge is -2.18. The summed E-state index contributed by atoms with van der Waals surface area (Å²) in [4.78, 5) is 37.3. The van der Waals surface area contributed by atoms with Crippen LogP contribution >= 0.6 is 0 Å². The van der Waals surface area contributed by atoms with E-state index in [1.165, 1.54) is 77.0 Å². The Bertz CT molecular complexity index is 811. The molecule has 0 fully saturated rings. The minimum atomic E-state index is -0.774. The number of ether oxygens (including phenoxy) is 3. The predicted octanol–water partition coefficient (Wildman–Crippen LogP) is 12.6. The van der Waals surface area contributed by atoms with Crippen molar-refractivity contribution in [3.05, 3.63) is 36.5 Å². The van der Waals surface area contributed by atoms with E-state index < -0.39 is 6.10 Å². The molecule has 0 radical (unpaired) electrons. The van der Waals surface area contributed by atoms with E-state index in [-0.39, 0.29) is 31.1 Å². The van der Waals surface area contributed by atoms with Crippen LogP contribution in [0.15, 0.2) is 36.5 Å². The molecule has 284 valence electrons. The number of esters is 3. The molecule has 0 bridgehead atoms. The molecular formula is C43H76O6. The fourth-order valence-corrected chi connectivity index (χ4v) is 5.50. The van der Waals surface area contributed by atoms with Crippen LogP contribution in [-0.4, -0.2) is 37.2 Å². The molecule has 0 aliphatic carbocycles. The van der Waals surface area contributed by atoms with Gasteiger partial charge in [-0.15, -0.1) is 0 Å². The monoisotopic (exact) mass is 689 g/mol. The molecule has 0 aromatic heterocycles. The molecule has 0 aliphatic rings. The average molecular weight is 689 g/mol. The van der Waals surface area contributed by atoms with E-state index in [0.29, 0.717) is 19.3 Å². The highest BCUT2D eigenvalue weighted by Gasteiger charge is 2.19. The van der Waals surface area contributed by atoms with Crippen LogP contribution in [0.3, 0.4) is 0 Å². The largest absolute Gasteiger partial charge is 0.462 e. The Morgan fingerprint density at radius 3 is 1.18 bits per heavy atom. The lowest BCUT2D eigenvalue weighted by Crippen LogP contribution is -2.30. The summed E-state index contributed by atoms with van der Waals surface area (Å²) in [7, 11) is 0. The number of hydrogen-bond acceptors (Lipinski definition) is 6. The highest BCUT2D eigenvalue weighted by atomic mass is 16.6. The van der Waals surface area contributed by atoms with Gasteiger partial charge >= 0.3 is 17.9 Å². The minimum Gasteiger partial charge on any atom is -0.462 e. The van der Waals surface area contributed by atoms with Gasteiger partial charge in [0.15, 0.2) is 6.10 Å². The topological polar surface area (TPSA) is 78.9 Å². The van der Waals surface area contributed by atoms with Gasteiger partial charge in [-0.1, -0.05) is 160 Å². The zero-order valence-corrected chi connectivity index (χ0v) is 32.2. The molecule has 6 nitrogen and oxygen atoms in total. The Kier molecular flexibility index (Phi) is 36.6. The van der Waals surface area contributed by atoms with Gasteiger partial charge in [-0.05, 0) is 57.8 Å². The number of carbonyl (C=O) groups excluding carboxylic acids is 3. The second-order valence-electron chi connectivity index (χ2n) is 13.6. The van der Waals surface area contributed by atoms with E-state index in [0.717, 1.165) is 83.5 Å². The standard InChI is InChI=1S/C43H76O6/c1-4-7-10-13-16-17-18-19-20-21-22-23-24-25-28-31-34-37-43(46)49-40(38-47-41(44)35-32-29-26-14-11-8-5-2)39-48-42(45)36-33-30-27-15-12-9-6-3/h16-17,19-20,22-23,40H,4-15,18,21,24-39H2,1-3H3. The zero-order chi connectivity index (χ0) is 35.9. The summed E-state index contributed by atoms with van der Waals surface area (Å²) in [6, 6.07) is 0. The molecule has 49 heavy (non-hydrogen) atoms. The summed E-state index contributed by atoms with van der Waals surface area (Å²) in [6.07, 6.45) is 41.5. The molecule has 0 rings (SSSR count). The second kappa shape index (κ2) is 38.4. The third kappa shape index (κ3) is 36.7. The summed E-state index contributed by atoms with van der Waals surface area (Å²) < 4.78 is 16.5. The van der Waals surface area contributed by atoms with Gasteiger partial charge in [-0.3, -0.25) is 14.4 Å². The van der Waals surface area contributed by atoms with Gasteiger partial charge in [0.05, 0.1) is 0 Å². The number of unbranched alkanes of at least 4 members (excludes halogenated alkanes) is 19. The van der Waals surface area contributed by atoms with Crippen molar-refractivity contribution in [3.63, 3.8) is 0 Å². The van der Waals surface area contributed by atoms with Crippen LogP contribution in [0.25, 0.3) is 0 Å².